The van der Waals surface area contributed by atoms with E-state index in [1.807, 2.05) is 0 Å². The molecule has 3 aliphatic rings. The van der Waals surface area contributed by atoms with Gasteiger partial charge in [0.15, 0.2) is 0 Å². The van der Waals surface area contributed by atoms with Crippen molar-refractivity contribution in [3.63, 3.8) is 0 Å². The van der Waals surface area contributed by atoms with E-state index in [0.29, 0.717) is 23.5 Å². The van der Waals surface area contributed by atoms with Crippen LogP contribution in [0.15, 0.2) is 0 Å². The van der Waals surface area contributed by atoms with Crippen molar-refractivity contribution in [1.29, 1.82) is 0 Å². The maximum absolute atomic E-state index is 6.11. The standard InChI is InChI=1S/C19H32N4O/c1-4-24-16-12-15(19(16)10-6-5-7-11-19)22(2)13-17-20-21-18(23(17)3)14-8-9-14/h14-16H,4-13H2,1-3H3. The Morgan fingerprint density at radius 3 is 2.62 bits per heavy atom. The summed E-state index contributed by atoms with van der Waals surface area (Å²) in [6.45, 7) is 3.88. The second kappa shape index (κ2) is 6.41. The first-order chi connectivity index (χ1) is 11.7. The number of rotatable bonds is 6. The zero-order valence-corrected chi connectivity index (χ0v) is 15.5. The van der Waals surface area contributed by atoms with Crippen LogP contribution in [0.1, 0.15) is 75.9 Å². The highest BCUT2D eigenvalue weighted by molar-refractivity contribution is 5.11. The van der Waals surface area contributed by atoms with E-state index >= 15 is 0 Å². The van der Waals surface area contributed by atoms with Crippen molar-refractivity contribution < 1.29 is 4.74 Å². The largest absolute Gasteiger partial charge is 0.378 e. The average molecular weight is 332 g/mol. The third kappa shape index (κ3) is 2.70. The van der Waals surface area contributed by atoms with Crippen LogP contribution in [-0.4, -0.2) is 45.5 Å². The van der Waals surface area contributed by atoms with Crippen LogP contribution in [-0.2, 0) is 18.3 Å². The summed E-state index contributed by atoms with van der Waals surface area (Å²) in [5.74, 6) is 2.97. The molecule has 1 aromatic rings. The molecule has 0 bridgehead atoms. The maximum Gasteiger partial charge on any atom is 0.146 e. The lowest BCUT2D eigenvalue weighted by Crippen LogP contribution is -2.64. The summed E-state index contributed by atoms with van der Waals surface area (Å²) in [6.07, 6.45) is 11.0. The van der Waals surface area contributed by atoms with Crippen LogP contribution in [0.25, 0.3) is 0 Å². The van der Waals surface area contributed by atoms with Gasteiger partial charge in [0, 0.05) is 31.0 Å². The van der Waals surface area contributed by atoms with E-state index in [1.54, 1.807) is 0 Å². The fourth-order valence-corrected chi connectivity index (χ4v) is 5.19. The van der Waals surface area contributed by atoms with Crippen molar-refractivity contribution in [3.05, 3.63) is 11.6 Å². The van der Waals surface area contributed by atoms with Gasteiger partial charge in [-0.05, 0) is 46.1 Å². The summed E-state index contributed by atoms with van der Waals surface area (Å²) in [4.78, 5) is 2.53. The topological polar surface area (TPSA) is 43.2 Å². The lowest BCUT2D eigenvalue weighted by molar-refractivity contribution is -0.180. The molecule has 3 aliphatic carbocycles. The molecule has 0 saturated heterocycles. The van der Waals surface area contributed by atoms with Crippen molar-refractivity contribution in [2.24, 2.45) is 12.5 Å². The summed E-state index contributed by atoms with van der Waals surface area (Å²) in [5.41, 5.74) is 0.390. The van der Waals surface area contributed by atoms with Gasteiger partial charge in [0.25, 0.3) is 0 Å². The van der Waals surface area contributed by atoms with Gasteiger partial charge in [-0.1, -0.05) is 19.3 Å². The Morgan fingerprint density at radius 2 is 1.96 bits per heavy atom. The molecule has 4 rings (SSSR count). The summed E-state index contributed by atoms with van der Waals surface area (Å²) in [7, 11) is 4.41. The van der Waals surface area contributed by atoms with Crippen LogP contribution in [0, 0.1) is 5.41 Å². The van der Waals surface area contributed by atoms with Gasteiger partial charge in [-0.15, -0.1) is 10.2 Å². The molecule has 5 nitrogen and oxygen atoms in total. The monoisotopic (exact) mass is 332 g/mol. The highest BCUT2D eigenvalue weighted by Crippen LogP contribution is 2.55. The first kappa shape index (κ1) is 16.5. The molecule has 2 unspecified atom stereocenters. The van der Waals surface area contributed by atoms with Crippen molar-refractivity contribution in [2.75, 3.05) is 13.7 Å². The highest BCUT2D eigenvalue weighted by Gasteiger charge is 2.56. The maximum atomic E-state index is 6.11. The third-order valence-corrected chi connectivity index (χ3v) is 6.76. The quantitative estimate of drug-likeness (QED) is 0.802. The van der Waals surface area contributed by atoms with Crippen molar-refractivity contribution in [1.82, 2.24) is 19.7 Å². The predicted molar refractivity (Wildman–Crippen MR) is 93.8 cm³/mol. The molecule has 0 radical (unpaired) electrons. The number of ether oxygens (including phenoxy) is 1. The minimum Gasteiger partial charge on any atom is -0.378 e. The van der Waals surface area contributed by atoms with Gasteiger partial charge in [-0.2, -0.15) is 0 Å². The molecule has 134 valence electrons. The Hall–Kier alpha value is -0.940. The van der Waals surface area contributed by atoms with E-state index in [2.05, 4.69) is 40.7 Å². The van der Waals surface area contributed by atoms with Crippen LogP contribution in [0.4, 0.5) is 0 Å². The first-order valence-electron chi connectivity index (χ1n) is 9.85. The molecule has 1 heterocycles. The molecule has 3 saturated carbocycles. The van der Waals surface area contributed by atoms with Gasteiger partial charge in [-0.25, -0.2) is 0 Å². The number of hydrogen-bond acceptors (Lipinski definition) is 4. The molecule has 1 spiro atoms. The van der Waals surface area contributed by atoms with Gasteiger partial charge in [0.05, 0.1) is 12.6 Å². The molecule has 0 aliphatic heterocycles. The van der Waals surface area contributed by atoms with Crippen LogP contribution in [0.2, 0.25) is 0 Å². The number of hydrogen-bond donors (Lipinski definition) is 0. The molecule has 5 heteroatoms. The van der Waals surface area contributed by atoms with Crippen molar-refractivity contribution >= 4 is 0 Å². The van der Waals surface area contributed by atoms with Gasteiger partial charge >= 0.3 is 0 Å². The van der Waals surface area contributed by atoms with E-state index in [9.17, 15) is 0 Å². The van der Waals surface area contributed by atoms with E-state index in [0.717, 1.165) is 19.0 Å². The Bertz CT molecular complexity index is 574. The lowest BCUT2D eigenvalue weighted by Gasteiger charge is -2.60. The Kier molecular flexibility index (Phi) is 4.42. The second-order valence-electron chi connectivity index (χ2n) is 8.21. The minimum atomic E-state index is 0.390. The fraction of sp³-hybridized carbons (Fsp3) is 0.895. The Balaban J connectivity index is 1.46. The van der Waals surface area contributed by atoms with Crippen LogP contribution in [0.3, 0.4) is 0 Å². The summed E-state index contributed by atoms with van der Waals surface area (Å²) in [6, 6.07) is 0.635. The van der Waals surface area contributed by atoms with Crippen molar-refractivity contribution in [2.45, 2.75) is 82.9 Å². The Morgan fingerprint density at radius 1 is 1.21 bits per heavy atom. The molecule has 0 amide bonds. The van der Waals surface area contributed by atoms with E-state index in [-0.39, 0.29) is 0 Å². The zero-order chi connectivity index (χ0) is 16.7. The zero-order valence-electron chi connectivity index (χ0n) is 15.5. The van der Waals surface area contributed by atoms with Crippen LogP contribution >= 0.6 is 0 Å². The summed E-state index contributed by atoms with van der Waals surface area (Å²) >= 11 is 0. The second-order valence-corrected chi connectivity index (χ2v) is 8.21. The minimum absolute atomic E-state index is 0.390. The highest BCUT2D eigenvalue weighted by atomic mass is 16.5. The van der Waals surface area contributed by atoms with E-state index in [4.69, 9.17) is 4.74 Å². The van der Waals surface area contributed by atoms with Crippen LogP contribution < -0.4 is 0 Å². The fourth-order valence-electron chi connectivity index (χ4n) is 5.19. The molecular formula is C19H32N4O. The first-order valence-corrected chi connectivity index (χ1v) is 9.85. The molecule has 1 aromatic heterocycles. The van der Waals surface area contributed by atoms with E-state index in [1.165, 1.54) is 57.2 Å². The lowest BCUT2D eigenvalue weighted by atomic mass is 9.54. The number of nitrogens with zero attached hydrogens (tertiary/aromatic N) is 4. The van der Waals surface area contributed by atoms with Gasteiger partial charge < -0.3 is 9.30 Å². The molecule has 2 atom stereocenters. The third-order valence-electron chi connectivity index (χ3n) is 6.76. The molecule has 24 heavy (non-hydrogen) atoms. The van der Waals surface area contributed by atoms with Gasteiger partial charge in [0.2, 0.25) is 0 Å². The smallest absolute Gasteiger partial charge is 0.146 e. The Labute approximate surface area is 145 Å². The van der Waals surface area contributed by atoms with Crippen molar-refractivity contribution in [3.8, 4) is 0 Å². The molecule has 0 aromatic carbocycles. The normalized spacial score (nSPS) is 29.2. The number of aromatic nitrogens is 3. The average Bonchev–Trinajstić information content (AvgIpc) is 3.37. The predicted octanol–water partition coefficient (Wildman–Crippen LogP) is 3.25. The molecule has 3 fully saturated rings. The summed E-state index contributed by atoms with van der Waals surface area (Å²) < 4.78 is 8.35. The SMILES string of the molecule is CCOC1CC(N(C)Cc2nnc(C3CC3)n2C)C12CCCCC2. The van der Waals surface area contributed by atoms with Gasteiger partial charge in [-0.3, -0.25) is 4.90 Å². The molecular weight excluding hydrogens is 300 g/mol. The van der Waals surface area contributed by atoms with E-state index < -0.39 is 0 Å². The van der Waals surface area contributed by atoms with Gasteiger partial charge in [0.1, 0.15) is 11.6 Å². The molecule has 0 N–H and O–H groups in total. The summed E-state index contributed by atoms with van der Waals surface area (Å²) in [5, 5.41) is 8.93. The van der Waals surface area contributed by atoms with Crippen LogP contribution in [0.5, 0.6) is 0 Å².